The molecule has 2 aromatic rings. The normalized spacial score (nSPS) is 11.8. The third-order valence-electron chi connectivity index (χ3n) is 3.74. The number of likely N-dealkylation sites (N-methyl/N-ethyl adjacent to an activating group) is 1. The molecule has 0 radical (unpaired) electrons. The van der Waals surface area contributed by atoms with Crippen LogP contribution in [0.1, 0.15) is 34.8 Å². The van der Waals surface area contributed by atoms with E-state index in [1.54, 1.807) is 30.3 Å². The summed E-state index contributed by atoms with van der Waals surface area (Å²) in [5, 5.41) is 5.18. The van der Waals surface area contributed by atoms with Crippen molar-refractivity contribution in [3.63, 3.8) is 0 Å². The molecule has 132 valence electrons. The van der Waals surface area contributed by atoms with E-state index in [9.17, 15) is 14.4 Å². The number of hydrogen-bond donors (Lipinski definition) is 3. The molecular formula is C18H21N3O4. The Hall–Kier alpha value is -3.09. The molecule has 25 heavy (non-hydrogen) atoms. The molecule has 1 heterocycles. The van der Waals surface area contributed by atoms with Gasteiger partial charge in [-0.05, 0) is 30.2 Å². The van der Waals surface area contributed by atoms with Crippen LogP contribution in [0.3, 0.4) is 0 Å². The van der Waals surface area contributed by atoms with Gasteiger partial charge in [0.15, 0.2) is 5.76 Å². The number of carbonyl (C=O) groups excluding carboxylic acids is 3. The van der Waals surface area contributed by atoms with Crippen LogP contribution < -0.4 is 16.4 Å². The molecule has 7 nitrogen and oxygen atoms in total. The van der Waals surface area contributed by atoms with Crippen LogP contribution >= 0.6 is 0 Å². The quantitative estimate of drug-likeness (QED) is 0.738. The number of amides is 3. The van der Waals surface area contributed by atoms with Gasteiger partial charge in [-0.1, -0.05) is 26.0 Å². The highest BCUT2D eigenvalue weighted by molar-refractivity contribution is 5.96. The number of rotatable bonds is 6. The van der Waals surface area contributed by atoms with Gasteiger partial charge in [-0.3, -0.25) is 14.4 Å². The van der Waals surface area contributed by atoms with E-state index in [-0.39, 0.29) is 17.6 Å². The monoisotopic (exact) mass is 343 g/mol. The van der Waals surface area contributed by atoms with Gasteiger partial charge in [0.05, 0.1) is 0 Å². The van der Waals surface area contributed by atoms with E-state index >= 15 is 0 Å². The van der Waals surface area contributed by atoms with Gasteiger partial charge in [-0.2, -0.15) is 0 Å². The minimum absolute atomic E-state index is 0.0778. The smallest absolute Gasteiger partial charge is 0.287 e. The first-order chi connectivity index (χ1) is 11.8. The van der Waals surface area contributed by atoms with Crippen LogP contribution in [0.4, 0.5) is 0 Å². The van der Waals surface area contributed by atoms with E-state index in [1.165, 1.54) is 13.1 Å². The van der Waals surface area contributed by atoms with Crippen LogP contribution in [0.2, 0.25) is 0 Å². The first-order valence-electron chi connectivity index (χ1n) is 7.86. The summed E-state index contributed by atoms with van der Waals surface area (Å²) >= 11 is 0. The number of benzene rings is 1. The van der Waals surface area contributed by atoms with E-state index in [0.717, 1.165) is 0 Å². The third-order valence-corrected chi connectivity index (χ3v) is 3.74. The first-order valence-corrected chi connectivity index (χ1v) is 7.86. The maximum Gasteiger partial charge on any atom is 0.287 e. The topological polar surface area (TPSA) is 114 Å². The number of nitrogens with two attached hydrogens (primary N) is 1. The van der Waals surface area contributed by atoms with Crippen LogP contribution in [0.5, 0.6) is 0 Å². The summed E-state index contributed by atoms with van der Waals surface area (Å²) in [6.45, 7) is 3.67. The second kappa shape index (κ2) is 7.65. The summed E-state index contributed by atoms with van der Waals surface area (Å²) in [7, 11) is 1.51. The molecule has 0 saturated heterocycles. The predicted octanol–water partition coefficient (Wildman–Crippen LogP) is 1.55. The molecule has 1 aromatic heterocycles. The van der Waals surface area contributed by atoms with Gasteiger partial charge >= 0.3 is 0 Å². The molecule has 1 aromatic carbocycles. The third kappa shape index (κ3) is 4.26. The van der Waals surface area contributed by atoms with E-state index < -0.39 is 17.9 Å². The lowest BCUT2D eigenvalue weighted by Crippen LogP contribution is -2.48. The molecule has 0 unspecified atom stereocenters. The van der Waals surface area contributed by atoms with Gasteiger partial charge in [0, 0.05) is 18.2 Å². The minimum atomic E-state index is -0.663. The van der Waals surface area contributed by atoms with E-state index in [0.29, 0.717) is 16.9 Å². The highest BCUT2D eigenvalue weighted by Crippen LogP contribution is 2.23. The standard InChI is InChI=1S/C18H21N3O4/c1-10(2)15(18(24)20-3)21-17(23)14-8-7-13(25-14)11-5-4-6-12(9-11)16(19)22/h4-10,15H,1-3H3,(H2,19,22)(H,20,24)(H,21,23)/t15-/m0/s1. The van der Waals surface area contributed by atoms with Crippen LogP contribution in [0.15, 0.2) is 40.8 Å². The molecular weight excluding hydrogens is 322 g/mol. The Morgan fingerprint density at radius 3 is 2.44 bits per heavy atom. The van der Waals surface area contributed by atoms with Gasteiger partial charge < -0.3 is 20.8 Å². The number of furan rings is 1. The van der Waals surface area contributed by atoms with Crippen molar-refractivity contribution in [1.29, 1.82) is 0 Å². The Morgan fingerprint density at radius 1 is 1.12 bits per heavy atom. The number of nitrogens with one attached hydrogen (secondary N) is 2. The van der Waals surface area contributed by atoms with Gasteiger partial charge in [-0.15, -0.1) is 0 Å². The molecule has 0 bridgehead atoms. The van der Waals surface area contributed by atoms with Crippen molar-refractivity contribution in [2.24, 2.45) is 11.7 Å². The van der Waals surface area contributed by atoms with Crippen LogP contribution in [-0.4, -0.2) is 30.8 Å². The zero-order valence-electron chi connectivity index (χ0n) is 14.3. The average Bonchev–Trinajstić information content (AvgIpc) is 3.08. The second-order valence-corrected chi connectivity index (χ2v) is 5.92. The summed E-state index contributed by atoms with van der Waals surface area (Å²) in [5.74, 6) is -0.880. The fraction of sp³-hybridized carbons (Fsp3) is 0.278. The molecule has 0 spiro atoms. The maximum atomic E-state index is 12.3. The number of primary amides is 1. The van der Waals surface area contributed by atoms with Crippen LogP contribution in [0.25, 0.3) is 11.3 Å². The minimum Gasteiger partial charge on any atom is -0.451 e. The number of carbonyl (C=O) groups is 3. The number of hydrogen-bond acceptors (Lipinski definition) is 4. The molecule has 2 rings (SSSR count). The van der Waals surface area contributed by atoms with E-state index in [2.05, 4.69) is 10.6 Å². The largest absolute Gasteiger partial charge is 0.451 e. The molecule has 0 fully saturated rings. The van der Waals surface area contributed by atoms with Crippen molar-refractivity contribution >= 4 is 17.7 Å². The lowest BCUT2D eigenvalue weighted by Gasteiger charge is -2.19. The Morgan fingerprint density at radius 2 is 1.84 bits per heavy atom. The molecule has 0 aliphatic rings. The van der Waals surface area contributed by atoms with Crippen molar-refractivity contribution < 1.29 is 18.8 Å². The summed E-state index contributed by atoms with van der Waals surface area (Å²) in [6.07, 6.45) is 0. The maximum absolute atomic E-state index is 12.3. The molecule has 3 amide bonds. The molecule has 0 saturated carbocycles. The molecule has 4 N–H and O–H groups in total. The molecule has 7 heteroatoms. The summed E-state index contributed by atoms with van der Waals surface area (Å²) in [5.41, 5.74) is 6.24. The summed E-state index contributed by atoms with van der Waals surface area (Å²) < 4.78 is 5.56. The van der Waals surface area contributed by atoms with Crippen molar-refractivity contribution in [2.45, 2.75) is 19.9 Å². The van der Waals surface area contributed by atoms with Gasteiger partial charge in [0.2, 0.25) is 11.8 Å². The van der Waals surface area contributed by atoms with Crippen molar-refractivity contribution in [2.75, 3.05) is 7.05 Å². The molecule has 1 atom stereocenters. The van der Waals surface area contributed by atoms with Crippen molar-refractivity contribution in [3.05, 3.63) is 47.7 Å². The average molecular weight is 343 g/mol. The fourth-order valence-electron chi connectivity index (χ4n) is 2.34. The first kappa shape index (κ1) is 18.3. The van der Waals surface area contributed by atoms with Gasteiger partial charge in [0.1, 0.15) is 11.8 Å². The Bertz CT molecular complexity index is 795. The second-order valence-electron chi connectivity index (χ2n) is 5.92. The molecule has 0 aliphatic carbocycles. The fourth-order valence-corrected chi connectivity index (χ4v) is 2.34. The lowest BCUT2D eigenvalue weighted by atomic mass is 10.0. The van der Waals surface area contributed by atoms with E-state index in [1.807, 2.05) is 13.8 Å². The predicted molar refractivity (Wildman–Crippen MR) is 92.8 cm³/mol. The SMILES string of the molecule is CNC(=O)[C@@H](NC(=O)c1ccc(-c2cccc(C(N)=O)c2)o1)C(C)C. The Balaban J connectivity index is 2.20. The summed E-state index contributed by atoms with van der Waals surface area (Å²) in [6, 6.07) is 9.09. The Labute approximate surface area is 145 Å². The van der Waals surface area contributed by atoms with Crippen molar-refractivity contribution in [1.82, 2.24) is 10.6 Å². The Kier molecular flexibility index (Phi) is 5.59. The van der Waals surface area contributed by atoms with Gasteiger partial charge in [0.25, 0.3) is 5.91 Å². The van der Waals surface area contributed by atoms with E-state index in [4.69, 9.17) is 10.2 Å². The van der Waals surface area contributed by atoms with Crippen molar-refractivity contribution in [3.8, 4) is 11.3 Å². The molecule has 0 aliphatic heterocycles. The zero-order valence-corrected chi connectivity index (χ0v) is 14.3. The highest BCUT2D eigenvalue weighted by atomic mass is 16.4. The van der Waals surface area contributed by atoms with Crippen LogP contribution in [0, 0.1) is 5.92 Å². The zero-order chi connectivity index (χ0) is 18.6. The van der Waals surface area contributed by atoms with Gasteiger partial charge in [-0.25, -0.2) is 0 Å². The van der Waals surface area contributed by atoms with Crippen LogP contribution in [-0.2, 0) is 4.79 Å². The highest BCUT2D eigenvalue weighted by Gasteiger charge is 2.25. The summed E-state index contributed by atoms with van der Waals surface area (Å²) in [4.78, 5) is 35.5. The lowest BCUT2D eigenvalue weighted by molar-refractivity contribution is -0.123.